The molecule has 0 unspecified atom stereocenters. The molecule has 1 aliphatic heterocycles. The van der Waals surface area contributed by atoms with Gasteiger partial charge in [0.1, 0.15) is 5.60 Å². The van der Waals surface area contributed by atoms with E-state index in [-0.39, 0.29) is 30.4 Å². The second-order valence-electron chi connectivity index (χ2n) is 14.2. The first kappa shape index (κ1) is 32.0. The Hall–Kier alpha value is -3.53. The third-order valence-corrected chi connectivity index (χ3v) is 12.0. The monoisotopic (exact) mass is 654 g/mol. The molecule has 2 aromatic rings. The predicted octanol–water partition coefficient (Wildman–Crippen LogP) is 7.48. The van der Waals surface area contributed by atoms with E-state index in [1.165, 1.54) is 6.92 Å². The van der Waals surface area contributed by atoms with Gasteiger partial charge in [0.25, 0.3) is 5.91 Å². The number of carbonyl (C=O) groups excluding carboxylic acids is 2. The van der Waals surface area contributed by atoms with Crippen molar-refractivity contribution in [3.05, 3.63) is 88.5 Å². The first-order valence-electron chi connectivity index (χ1n) is 16.6. The van der Waals surface area contributed by atoms with Crippen molar-refractivity contribution in [2.24, 2.45) is 17.3 Å². The van der Waals surface area contributed by atoms with E-state index in [9.17, 15) is 27.9 Å². The Morgan fingerprint density at radius 2 is 1.57 bits per heavy atom. The number of fused-ring (bicyclic) bond motifs is 4. The highest BCUT2D eigenvalue weighted by Crippen LogP contribution is 2.70. The highest BCUT2D eigenvalue weighted by molar-refractivity contribution is 5.94. The van der Waals surface area contributed by atoms with Gasteiger partial charge in [-0.3, -0.25) is 9.59 Å². The van der Waals surface area contributed by atoms with Crippen LogP contribution in [-0.4, -0.2) is 65.6 Å². The maximum absolute atomic E-state index is 15.3. The van der Waals surface area contributed by atoms with E-state index in [1.807, 2.05) is 30.3 Å². The fourth-order valence-corrected chi connectivity index (χ4v) is 9.56. The SMILES string of the molecule is C[C@]12C[C@H](c3ccc(C(=O)N4CCN(c5ccccc5)CC4)cc3)C3=C4CCC(=O)C=C4CC[C@H]3[C@@H]1CC[C@@]2(O)C(F)(F)C(F)(F)F. The van der Waals surface area contributed by atoms with E-state index in [0.29, 0.717) is 63.0 Å². The Morgan fingerprint density at radius 1 is 0.894 bits per heavy atom. The van der Waals surface area contributed by atoms with Crippen molar-refractivity contribution < 1.29 is 36.6 Å². The number of rotatable bonds is 4. The summed E-state index contributed by atoms with van der Waals surface area (Å²) >= 11 is 0. The van der Waals surface area contributed by atoms with Crippen LogP contribution in [0.1, 0.15) is 73.7 Å². The molecule has 47 heavy (non-hydrogen) atoms. The van der Waals surface area contributed by atoms with Crippen LogP contribution >= 0.6 is 0 Å². The first-order chi connectivity index (χ1) is 22.2. The highest BCUT2D eigenvalue weighted by atomic mass is 19.4. The average Bonchev–Trinajstić information content (AvgIpc) is 3.35. The van der Waals surface area contributed by atoms with Gasteiger partial charge in [0, 0.05) is 55.2 Å². The van der Waals surface area contributed by atoms with Crippen LogP contribution in [0.5, 0.6) is 0 Å². The van der Waals surface area contributed by atoms with Gasteiger partial charge in [-0.2, -0.15) is 22.0 Å². The molecule has 1 saturated heterocycles. The standard InChI is InChI=1S/C37H39F5N2O3/c1-34-22-30(23-7-9-24(10-8-23)33(46)44-19-17-43(18-20-44)26-5-3-2-4-6-26)32-28-14-12-27(45)21-25(28)11-13-29(32)31(34)15-16-35(34,47)36(38,39)37(40,41)42/h2-10,21,29-31,47H,11-20,22H2,1H3/t29-,30+,31-,34-,35-/m0/s1. The van der Waals surface area contributed by atoms with Crippen LogP contribution in [0.4, 0.5) is 27.6 Å². The second-order valence-corrected chi connectivity index (χ2v) is 14.2. The van der Waals surface area contributed by atoms with Crippen molar-refractivity contribution >= 4 is 17.4 Å². The molecule has 5 aliphatic rings. The molecule has 5 nitrogen and oxygen atoms in total. The molecule has 2 aromatic carbocycles. The fourth-order valence-electron chi connectivity index (χ4n) is 9.56. The van der Waals surface area contributed by atoms with Crippen LogP contribution in [0.25, 0.3) is 0 Å². The molecule has 0 radical (unpaired) electrons. The Kier molecular flexibility index (Phi) is 7.69. The zero-order valence-corrected chi connectivity index (χ0v) is 26.3. The van der Waals surface area contributed by atoms with Crippen molar-refractivity contribution in [2.75, 3.05) is 31.1 Å². The molecule has 250 valence electrons. The Labute approximate surface area is 271 Å². The molecule has 0 bridgehead atoms. The maximum Gasteiger partial charge on any atom is 0.456 e. The van der Waals surface area contributed by atoms with Crippen LogP contribution in [0.15, 0.2) is 77.4 Å². The predicted molar refractivity (Wildman–Crippen MR) is 167 cm³/mol. The van der Waals surface area contributed by atoms with E-state index in [2.05, 4.69) is 4.90 Å². The number of benzene rings is 2. The lowest BCUT2D eigenvalue weighted by Crippen LogP contribution is -2.65. The van der Waals surface area contributed by atoms with Crippen molar-refractivity contribution in [3.63, 3.8) is 0 Å². The van der Waals surface area contributed by atoms with Crippen molar-refractivity contribution in [3.8, 4) is 0 Å². The van der Waals surface area contributed by atoms with Crippen LogP contribution in [0.2, 0.25) is 0 Å². The van der Waals surface area contributed by atoms with Gasteiger partial charge in [-0.15, -0.1) is 0 Å². The zero-order valence-electron chi connectivity index (χ0n) is 26.3. The van der Waals surface area contributed by atoms with E-state index < -0.39 is 41.4 Å². The second kappa shape index (κ2) is 11.3. The normalized spacial score (nSPS) is 31.3. The molecule has 1 N–H and O–H groups in total. The van der Waals surface area contributed by atoms with Crippen LogP contribution in [-0.2, 0) is 4.79 Å². The van der Waals surface area contributed by atoms with Gasteiger partial charge < -0.3 is 14.9 Å². The number of hydrogen-bond acceptors (Lipinski definition) is 4. The van der Waals surface area contributed by atoms with Crippen LogP contribution in [0.3, 0.4) is 0 Å². The number of para-hydroxylation sites is 1. The lowest BCUT2D eigenvalue weighted by Gasteiger charge is -2.56. The number of nitrogens with zero attached hydrogens (tertiary/aromatic N) is 2. The van der Waals surface area contributed by atoms with Gasteiger partial charge in [0.2, 0.25) is 0 Å². The summed E-state index contributed by atoms with van der Waals surface area (Å²) in [4.78, 5) is 29.8. The number of ketones is 1. The minimum atomic E-state index is -5.89. The maximum atomic E-state index is 15.3. The summed E-state index contributed by atoms with van der Waals surface area (Å²) in [5.74, 6) is -6.76. The summed E-state index contributed by atoms with van der Waals surface area (Å²) in [6.45, 7) is 3.91. The third kappa shape index (κ3) is 4.96. The molecule has 7 rings (SSSR count). The molecule has 10 heteroatoms. The molecule has 3 fully saturated rings. The summed E-state index contributed by atoms with van der Waals surface area (Å²) in [5, 5.41) is 11.5. The molecule has 0 aromatic heterocycles. The van der Waals surface area contributed by atoms with Gasteiger partial charge in [0.05, 0.1) is 0 Å². The van der Waals surface area contributed by atoms with Gasteiger partial charge in [-0.25, -0.2) is 0 Å². The number of halogens is 5. The number of alkyl halides is 5. The molecular formula is C37H39F5N2O3. The summed E-state index contributed by atoms with van der Waals surface area (Å²) in [7, 11) is 0. The Morgan fingerprint density at radius 3 is 2.23 bits per heavy atom. The Bertz CT molecular complexity index is 1630. The molecule has 2 saturated carbocycles. The van der Waals surface area contributed by atoms with Gasteiger partial charge in [-0.1, -0.05) is 42.8 Å². The summed E-state index contributed by atoms with van der Waals surface area (Å²) in [6.07, 6.45) is -3.00. The number of piperazine rings is 1. The molecule has 1 amide bonds. The molecule has 1 heterocycles. The van der Waals surface area contributed by atoms with Gasteiger partial charge in [0.15, 0.2) is 5.78 Å². The number of aliphatic hydroxyl groups is 1. The Balaban J connectivity index is 1.21. The number of hydrogen-bond donors (Lipinski definition) is 1. The van der Waals surface area contributed by atoms with E-state index in [0.717, 1.165) is 22.4 Å². The van der Waals surface area contributed by atoms with E-state index in [1.54, 1.807) is 35.2 Å². The van der Waals surface area contributed by atoms with E-state index in [4.69, 9.17) is 0 Å². The van der Waals surface area contributed by atoms with Crippen LogP contribution in [0, 0.1) is 17.3 Å². The third-order valence-electron chi connectivity index (χ3n) is 12.0. The molecular weight excluding hydrogens is 615 g/mol. The number of anilines is 1. The quantitative estimate of drug-likeness (QED) is 0.348. The largest absolute Gasteiger partial charge is 0.456 e. The minimum absolute atomic E-state index is 0.0347. The lowest BCUT2D eigenvalue weighted by atomic mass is 9.50. The zero-order chi connectivity index (χ0) is 33.4. The number of allylic oxidation sites excluding steroid dienone is 4. The van der Waals surface area contributed by atoms with Crippen molar-refractivity contribution in [1.82, 2.24) is 4.90 Å². The molecule has 0 spiro atoms. The van der Waals surface area contributed by atoms with Crippen LogP contribution < -0.4 is 4.90 Å². The smallest absolute Gasteiger partial charge is 0.383 e. The number of carbonyl (C=O) groups is 2. The fraction of sp³-hybridized carbons (Fsp3) is 0.514. The first-order valence-corrected chi connectivity index (χ1v) is 16.6. The summed E-state index contributed by atoms with van der Waals surface area (Å²) < 4.78 is 72.1. The lowest BCUT2D eigenvalue weighted by molar-refractivity contribution is -0.362. The van der Waals surface area contributed by atoms with Gasteiger partial charge in [-0.05, 0) is 97.4 Å². The van der Waals surface area contributed by atoms with Crippen molar-refractivity contribution in [1.29, 1.82) is 0 Å². The van der Waals surface area contributed by atoms with E-state index >= 15 is 8.78 Å². The number of amides is 1. The molecule has 5 atom stereocenters. The minimum Gasteiger partial charge on any atom is -0.383 e. The average molecular weight is 655 g/mol. The topological polar surface area (TPSA) is 60.9 Å². The van der Waals surface area contributed by atoms with Gasteiger partial charge >= 0.3 is 12.1 Å². The molecule has 4 aliphatic carbocycles. The summed E-state index contributed by atoms with van der Waals surface area (Å²) in [6, 6.07) is 17.0. The highest BCUT2D eigenvalue weighted by Gasteiger charge is 2.79. The summed E-state index contributed by atoms with van der Waals surface area (Å²) in [5.41, 5.74) is 0.269. The van der Waals surface area contributed by atoms with Crippen molar-refractivity contribution in [2.45, 2.75) is 75.5 Å².